The highest BCUT2D eigenvalue weighted by atomic mass is 32.2. The molecular formula is C4H7O5S-. The minimum Gasteiger partial charge on any atom is -0.750 e. The summed E-state index contributed by atoms with van der Waals surface area (Å²) in [5.41, 5.74) is 0. The van der Waals surface area contributed by atoms with Gasteiger partial charge in [0.25, 0.3) is 0 Å². The number of esters is 1. The molecule has 0 aromatic heterocycles. The van der Waals surface area contributed by atoms with E-state index < -0.39 is 24.1 Å². The number of hydrogen-bond donors (Lipinski definition) is 0. The summed E-state index contributed by atoms with van der Waals surface area (Å²) in [7, 11) is 0. The minimum absolute atomic E-state index is 0.203. The first-order valence-electron chi connectivity index (χ1n) is 2.55. The van der Waals surface area contributed by atoms with Crippen LogP contribution >= 0.6 is 0 Å². The third kappa shape index (κ3) is 5.67. The van der Waals surface area contributed by atoms with Gasteiger partial charge in [-0.05, 0) is 0 Å². The Morgan fingerprint density at radius 2 is 2.30 bits per heavy atom. The van der Waals surface area contributed by atoms with Crippen molar-refractivity contribution in [2.45, 2.75) is 13.3 Å². The summed E-state index contributed by atoms with van der Waals surface area (Å²) >= 11 is -2.61. The summed E-state index contributed by atoms with van der Waals surface area (Å²) in [5, 5.41) is 0. The molecule has 0 aliphatic rings. The molecule has 60 valence electrons. The molecule has 6 heteroatoms. The summed E-state index contributed by atoms with van der Waals surface area (Å²) in [6.07, 6.45) is 0.203. The second-order valence-corrected chi connectivity index (χ2v) is 1.95. The number of carbonyl (C=O) groups is 1. The Kier molecular flexibility index (Phi) is 5.09. The molecule has 0 aliphatic heterocycles. The zero-order chi connectivity index (χ0) is 7.98. The van der Waals surface area contributed by atoms with Gasteiger partial charge in [-0.1, -0.05) is 6.92 Å². The first kappa shape index (κ1) is 9.54. The molecule has 0 N–H and O–H groups in total. The van der Waals surface area contributed by atoms with Crippen LogP contribution in [0.5, 0.6) is 0 Å². The second kappa shape index (κ2) is 5.33. The van der Waals surface area contributed by atoms with Crippen molar-refractivity contribution in [3.63, 3.8) is 0 Å². The van der Waals surface area contributed by atoms with Gasteiger partial charge >= 0.3 is 5.97 Å². The lowest BCUT2D eigenvalue weighted by atomic mass is 10.5. The molecule has 0 spiro atoms. The van der Waals surface area contributed by atoms with Crippen LogP contribution in [0.2, 0.25) is 0 Å². The summed E-state index contributed by atoms with van der Waals surface area (Å²) < 4.78 is 27.4. The van der Waals surface area contributed by atoms with Crippen LogP contribution in [0.15, 0.2) is 0 Å². The third-order valence-electron chi connectivity index (χ3n) is 0.653. The molecule has 10 heavy (non-hydrogen) atoms. The highest BCUT2D eigenvalue weighted by Gasteiger charge is 1.95. The molecule has 0 fully saturated rings. The van der Waals surface area contributed by atoms with Crippen molar-refractivity contribution in [3.8, 4) is 0 Å². The molecule has 0 aromatic rings. The lowest BCUT2D eigenvalue weighted by Crippen LogP contribution is -2.07. The van der Waals surface area contributed by atoms with Crippen LogP contribution in [0.25, 0.3) is 0 Å². The molecule has 0 heterocycles. The molecule has 0 bridgehead atoms. The predicted octanol–water partition coefficient (Wildman–Crippen LogP) is -0.292. The van der Waals surface area contributed by atoms with Crippen LogP contribution in [0.3, 0.4) is 0 Å². The Morgan fingerprint density at radius 1 is 1.70 bits per heavy atom. The average molecular weight is 167 g/mol. The highest BCUT2D eigenvalue weighted by molar-refractivity contribution is 7.74. The Balaban J connectivity index is 3.20. The lowest BCUT2D eigenvalue weighted by molar-refractivity contribution is -0.149. The molecule has 0 rings (SSSR count). The van der Waals surface area contributed by atoms with Crippen LogP contribution in [0, 0.1) is 0 Å². The largest absolute Gasteiger partial charge is 0.750 e. The summed E-state index contributed by atoms with van der Waals surface area (Å²) in [5.74, 6) is -0.495. The van der Waals surface area contributed by atoms with Gasteiger partial charge in [0.1, 0.15) is 0 Å². The monoisotopic (exact) mass is 167 g/mol. The fourth-order valence-corrected chi connectivity index (χ4v) is 0.358. The van der Waals surface area contributed by atoms with Crippen molar-refractivity contribution in [1.29, 1.82) is 0 Å². The van der Waals surface area contributed by atoms with Gasteiger partial charge in [-0.2, -0.15) is 0 Å². The standard InChI is InChI=1S/C4H8O5S/c1-2-4(5)8-3-9-10(6)7/h2-3H2,1H3,(H,6,7)/p-1. The summed E-state index contributed by atoms with van der Waals surface area (Å²) in [6.45, 7) is 1.05. The van der Waals surface area contributed by atoms with E-state index in [4.69, 9.17) is 0 Å². The molecular weight excluding hydrogens is 160 g/mol. The molecule has 0 amide bonds. The van der Waals surface area contributed by atoms with Crippen molar-refractivity contribution < 1.29 is 22.5 Å². The maximum Gasteiger partial charge on any atom is 0.307 e. The SMILES string of the molecule is CCC(=O)OCOS(=O)[O-]. The topological polar surface area (TPSA) is 75.7 Å². The fourth-order valence-electron chi connectivity index (χ4n) is 0.231. The van der Waals surface area contributed by atoms with E-state index in [9.17, 15) is 13.6 Å². The van der Waals surface area contributed by atoms with Gasteiger partial charge in [-0.15, -0.1) is 0 Å². The van der Waals surface area contributed by atoms with E-state index in [1.165, 1.54) is 0 Å². The average Bonchev–Trinajstić information content (AvgIpc) is 1.87. The zero-order valence-corrected chi connectivity index (χ0v) is 6.18. The van der Waals surface area contributed by atoms with Crippen molar-refractivity contribution in [1.82, 2.24) is 0 Å². The van der Waals surface area contributed by atoms with Crippen molar-refractivity contribution in [2.24, 2.45) is 0 Å². The molecule has 0 saturated carbocycles. The lowest BCUT2D eigenvalue weighted by Gasteiger charge is -2.04. The van der Waals surface area contributed by atoms with Gasteiger partial charge in [0.05, 0.1) is 11.4 Å². The van der Waals surface area contributed by atoms with Crippen LogP contribution in [-0.4, -0.2) is 21.5 Å². The van der Waals surface area contributed by atoms with E-state index >= 15 is 0 Å². The predicted molar refractivity (Wildman–Crippen MR) is 31.3 cm³/mol. The number of ether oxygens (including phenoxy) is 1. The van der Waals surface area contributed by atoms with Crippen LogP contribution < -0.4 is 0 Å². The Hall–Kier alpha value is -0.460. The molecule has 0 aliphatic carbocycles. The van der Waals surface area contributed by atoms with Gasteiger partial charge in [0.15, 0.2) is 0 Å². The quantitative estimate of drug-likeness (QED) is 0.326. The van der Waals surface area contributed by atoms with Crippen LogP contribution in [0.1, 0.15) is 13.3 Å². The van der Waals surface area contributed by atoms with Crippen molar-refractivity contribution in [3.05, 3.63) is 0 Å². The van der Waals surface area contributed by atoms with Gasteiger partial charge in [0, 0.05) is 6.42 Å². The first-order valence-corrected chi connectivity index (χ1v) is 3.55. The number of carbonyl (C=O) groups excluding carboxylic acids is 1. The smallest absolute Gasteiger partial charge is 0.307 e. The maximum atomic E-state index is 10.3. The summed E-state index contributed by atoms with van der Waals surface area (Å²) in [4.78, 5) is 10.3. The number of rotatable bonds is 4. The molecule has 1 unspecified atom stereocenters. The normalized spacial score (nSPS) is 12.6. The molecule has 5 nitrogen and oxygen atoms in total. The van der Waals surface area contributed by atoms with Crippen molar-refractivity contribution >= 4 is 17.3 Å². The van der Waals surface area contributed by atoms with E-state index in [1.54, 1.807) is 6.92 Å². The van der Waals surface area contributed by atoms with Crippen LogP contribution in [0.4, 0.5) is 0 Å². The highest BCUT2D eigenvalue weighted by Crippen LogP contribution is 1.85. The Morgan fingerprint density at radius 3 is 2.70 bits per heavy atom. The van der Waals surface area contributed by atoms with E-state index in [-0.39, 0.29) is 6.42 Å². The Labute approximate surface area is 60.8 Å². The zero-order valence-electron chi connectivity index (χ0n) is 5.36. The van der Waals surface area contributed by atoms with E-state index in [0.29, 0.717) is 0 Å². The van der Waals surface area contributed by atoms with E-state index in [0.717, 1.165) is 0 Å². The van der Waals surface area contributed by atoms with E-state index in [2.05, 4.69) is 8.92 Å². The number of hydrogen-bond acceptors (Lipinski definition) is 5. The molecule has 0 saturated heterocycles. The molecule has 0 aromatic carbocycles. The van der Waals surface area contributed by atoms with Crippen LogP contribution in [-0.2, 0) is 25.1 Å². The van der Waals surface area contributed by atoms with Gasteiger partial charge in [-0.3, -0.25) is 8.98 Å². The van der Waals surface area contributed by atoms with Gasteiger partial charge < -0.3 is 9.29 Å². The molecule has 0 radical (unpaired) electrons. The summed E-state index contributed by atoms with van der Waals surface area (Å²) in [6, 6.07) is 0. The van der Waals surface area contributed by atoms with Gasteiger partial charge in [-0.25, -0.2) is 4.21 Å². The van der Waals surface area contributed by atoms with E-state index in [1.807, 2.05) is 0 Å². The Bertz CT molecular complexity index is 134. The minimum atomic E-state index is -2.61. The van der Waals surface area contributed by atoms with Gasteiger partial charge in [0.2, 0.25) is 6.79 Å². The maximum absolute atomic E-state index is 10.3. The fraction of sp³-hybridized carbons (Fsp3) is 0.750. The van der Waals surface area contributed by atoms with Crippen molar-refractivity contribution in [2.75, 3.05) is 6.79 Å². The molecule has 1 atom stereocenters. The second-order valence-electron chi connectivity index (χ2n) is 1.31. The first-order chi connectivity index (χ1) is 4.66. The third-order valence-corrected chi connectivity index (χ3v) is 0.942.